The Morgan fingerprint density at radius 2 is 2.20 bits per heavy atom. The molecule has 1 aromatic heterocycles. The third-order valence-corrected chi connectivity index (χ3v) is 6.51. The molecule has 1 saturated carbocycles. The summed E-state index contributed by atoms with van der Waals surface area (Å²) in [4.78, 5) is 0. The Hall–Kier alpha value is -0.550. The smallest absolute Gasteiger partial charge is 0.191 e. The van der Waals surface area contributed by atoms with E-state index < -0.39 is 0 Å². The van der Waals surface area contributed by atoms with Crippen LogP contribution in [0.2, 0.25) is 0 Å². The molecule has 20 heavy (non-hydrogen) atoms. The molecule has 0 bridgehead atoms. The largest absolute Gasteiger partial charge is 0.316 e. The Morgan fingerprint density at radius 3 is 2.75 bits per heavy atom. The number of hydrogen-bond acceptors (Lipinski definition) is 4. The molecular formula is C15H28N4S. The van der Waals surface area contributed by atoms with Crippen molar-refractivity contribution in [3.05, 3.63) is 6.33 Å². The normalized spacial score (nSPS) is 27.8. The minimum absolute atomic E-state index is 0.442. The lowest BCUT2D eigenvalue weighted by Gasteiger charge is -2.42. The van der Waals surface area contributed by atoms with Gasteiger partial charge in [-0.1, -0.05) is 39.0 Å². The number of nitrogens with one attached hydrogen (secondary N) is 1. The molecule has 0 aliphatic heterocycles. The van der Waals surface area contributed by atoms with Crippen molar-refractivity contribution in [2.75, 3.05) is 7.05 Å². The van der Waals surface area contributed by atoms with Gasteiger partial charge in [0.1, 0.15) is 6.33 Å². The van der Waals surface area contributed by atoms with E-state index in [0.717, 1.165) is 11.1 Å². The van der Waals surface area contributed by atoms with E-state index in [9.17, 15) is 0 Å². The Kier molecular flexibility index (Phi) is 5.13. The van der Waals surface area contributed by atoms with Crippen molar-refractivity contribution in [1.29, 1.82) is 0 Å². The zero-order valence-electron chi connectivity index (χ0n) is 13.4. The molecule has 5 heteroatoms. The summed E-state index contributed by atoms with van der Waals surface area (Å²) >= 11 is 1.89. The van der Waals surface area contributed by atoms with E-state index in [4.69, 9.17) is 0 Å². The Bertz CT molecular complexity index is 429. The fourth-order valence-electron chi connectivity index (χ4n) is 3.10. The van der Waals surface area contributed by atoms with Crippen LogP contribution in [0.1, 0.15) is 46.5 Å². The summed E-state index contributed by atoms with van der Waals surface area (Å²) in [5, 5.41) is 13.3. The van der Waals surface area contributed by atoms with Crippen molar-refractivity contribution >= 4 is 11.8 Å². The first kappa shape index (κ1) is 15.8. The molecule has 1 N–H and O–H groups in total. The molecule has 1 fully saturated rings. The van der Waals surface area contributed by atoms with Gasteiger partial charge in [-0.05, 0) is 37.6 Å². The topological polar surface area (TPSA) is 42.7 Å². The lowest BCUT2D eigenvalue weighted by molar-refractivity contribution is 0.142. The summed E-state index contributed by atoms with van der Waals surface area (Å²) in [7, 11) is 4.10. The van der Waals surface area contributed by atoms with Crippen molar-refractivity contribution in [2.45, 2.75) is 62.9 Å². The van der Waals surface area contributed by atoms with Crippen LogP contribution in [-0.2, 0) is 7.05 Å². The third-order valence-electron chi connectivity index (χ3n) is 5.11. The van der Waals surface area contributed by atoms with Gasteiger partial charge >= 0.3 is 0 Å². The molecule has 1 heterocycles. The van der Waals surface area contributed by atoms with Gasteiger partial charge in [-0.2, -0.15) is 0 Å². The zero-order valence-corrected chi connectivity index (χ0v) is 14.2. The van der Waals surface area contributed by atoms with Gasteiger partial charge in [0, 0.05) is 18.3 Å². The average Bonchev–Trinajstić information content (AvgIpc) is 2.84. The first-order chi connectivity index (χ1) is 9.47. The molecule has 4 nitrogen and oxygen atoms in total. The van der Waals surface area contributed by atoms with E-state index in [2.05, 4.69) is 43.3 Å². The summed E-state index contributed by atoms with van der Waals surface area (Å²) in [6.07, 6.45) is 6.91. The van der Waals surface area contributed by atoms with Crippen molar-refractivity contribution in [3.8, 4) is 0 Å². The molecule has 3 atom stereocenters. The lowest BCUT2D eigenvalue weighted by atomic mass is 9.68. The van der Waals surface area contributed by atoms with Gasteiger partial charge < -0.3 is 9.88 Å². The number of thioether (sulfide) groups is 1. The van der Waals surface area contributed by atoms with E-state index in [-0.39, 0.29) is 0 Å². The second-order valence-electron chi connectivity index (χ2n) is 6.63. The van der Waals surface area contributed by atoms with E-state index in [1.807, 2.05) is 23.4 Å². The number of hydrogen-bond donors (Lipinski definition) is 1. The van der Waals surface area contributed by atoms with Crippen LogP contribution in [-0.4, -0.2) is 33.1 Å². The SMILES string of the molecule is CCC(C)(C)C1CCC(NC)C(Sc2nncn2C)C1. The predicted molar refractivity (Wildman–Crippen MR) is 84.9 cm³/mol. The van der Waals surface area contributed by atoms with Gasteiger partial charge in [-0.15, -0.1) is 10.2 Å². The summed E-state index contributed by atoms with van der Waals surface area (Å²) < 4.78 is 2.02. The monoisotopic (exact) mass is 296 g/mol. The highest BCUT2D eigenvalue weighted by molar-refractivity contribution is 7.99. The van der Waals surface area contributed by atoms with Crippen molar-refractivity contribution < 1.29 is 0 Å². The quantitative estimate of drug-likeness (QED) is 0.906. The molecule has 1 aromatic rings. The molecule has 0 spiro atoms. The van der Waals surface area contributed by atoms with E-state index in [1.165, 1.54) is 25.7 Å². The molecule has 0 saturated heterocycles. The molecule has 1 aliphatic carbocycles. The van der Waals surface area contributed by atoms with Gasteiger partial charge in [0.2, 0.25) is 0 Å². The van der Waals surface area contributed by atoms with E-state index in [1.54, 1.807) is 6.33 Å². The van der Waals surface area contributed by atoms with Gasteiger partial charge in [0.15, 0.2) is 5.16 Å². The molecule has 114 valence electrons. The minimum Gasteiger partial charge on any atom is -0.316 e. The highest BCUT2D eigenvalue weighted by Crippen LogP contribution is 2.44. The van der Waals surface area contributed by atoms with E-state index >= 15 is 0 Å². The molecule has 2 rings (SSSR count). The second kappa shape index (κ2) is 6.48. The van der Waals surface area contributed by atoms with Crippen LogP contribution in [0.25, 0.3) is 0 Å². The predicted octanol–water partition coefficient (Wildman–Crippen LogP) is 3.10. The minimum atomic E-state index is 0.442. The van der Waals surface area contributed by atoms with Crippen LogP contribution in [0.3, 0.4) is 0 Å². The summed E-state index contributed by atoms with van der Waals surface area (Å²) in [5.74, 6) is 0.808. The maximum Gasteiger partial charge on any atom is 0.191 e. The van der Waals surface area contributed by atoms with E-state index in [0.29, 0.717) is 16.7 Å². The first-order valence-corrected chi connectivity index (χ1v) is 8.53. The average molecular weight is 296 g/mol. The van der Waals surface area contributed by atoms with Gasteiger partial charge in [-0.3, -0.25) is 0 Å². The fourth-order valence-corrected chi connectivity index (χ4v) is 4.45. The standard InChI is InChI=1S/C15H28N4S/c1-6-15(2,3)11-7-8-12(16-4)13(9-11)20-14-18-17-10-19(14)5/h10-13,16H,6-9H2,1-5H3. The molecule has 0 amide bonds. The van der Waals surface area contributed by atoms with Crippen molar-refractivity contribution in [1.82, 2.24) is 20.1 Å². The Balaban J connectivity index is 2.09. The Labute approximate surface area is 127 Å². The summed E-state index contributed by atoms with van der Waals surface area (Å²) in [6.45, 7) is 7.15. The highest BCUT2D eigenvalue weighted by atomic mass is 32.2. The summed E-state index contributed by atoms with van der Waals surface area (Å²) in [5.41, 5.74) is 0.442. The first-order valence-electron chi connectivity index (χ1n) is 7.65. The molecule has 0 aromatic carbocycles. The van der Waals surface area contributed by atoms with Gasteiger partial charge in [-0.25, -0.2) is 0 Å². The maximum absolute atomic E-state index is 4.23. The van der Waals surface area contributed by atoms with Crippen molar-refractivity contribution in [3.63, 3.8) is 0 Å². The summed E-state index contributed by atoms with van der Waals surface area (Å²) in [6, 6.07) is 0.584. The van der Waals surface area contributed by atoms with Gasteiger partial charge in [0.25, 0.3) is 0 Å². The lowest BCUT2D eigenvalue weighted by Crippen LogP contribution is -2.43. The van der Waals surface area contributed by atoms with Crippen LogP contribution in [0.4, 0.5) is 0 Å². The van der Waals surface area contributed by atoms with Crippen LogP contribution in [0.15, 0.2) is 11.5 Å². The zero-order chi connectivity index (χ0) is 14.8. The number of aromatic nitrogens is 3. The molecule has 3 unspecified atom stereocenters. The van der Waals surface area contributed by atoms with Gasteiger partial charge in [0.05, 0.1) is 0 Å². The van der Waals surface area contributed by atoms with Crippen LogP contribution < -0.4 is 5.32 Å². The highest BCUT2D eigenvalue weighted by Gasteiger charge is 2.37. The van der Waals surface area contributed by atoms with Crippen LogP contribution >= 0.6 is 11.8 Å². The second-order valence-corrected chi connectivity index (χ2v) is 7.83. The van der Waals surface area contributed by atoms with Crippen LogP contribution in [0, 0.1) is 11.3 Å². The number of nitrogens with zero attached hydrogens (tertiary/aromatic N) is 3. The van der Waals surface area contributed by atoms with Crippen LogP contribution in [0.5, 0.6) is 0 Å². The molecular weight excluding hydrogens is 268 g/mol. The number of rotatable bonds is 5. The third kappa shape index (κ3) is 3.37. The molecule has 1 aliphatic rings. The Morgan fingerprint density at radius 1 is 1.45 bits per heavy atom. The molecule has 0 radical (unpaired) electrons. The maximum atomic E-state index is 4.23. The van der Waals surface area contributed by atoms with Crippen molar-refractivity contribution in [2.24, 2.45) is 18.4 Å². The number of aryl methyl sites for hydroxylation is 1. The fraction of sp³-hybridized carbons (Fsp3) is 0.867.